The average molecular weight is 376 g/mol. The number of hydrogen-bond donors (Lipinski definition) is 3. The van der Waals surface area contributed by atoms with Crippen molar-refractivity contribution in [1.82, 2.24) is 0 Å². The number of rotatable bonds is 4. The van der Waals surface area contributed by atoms with Crippen molar-refractivity contribution in [3.05, 3.63) is 46.3 Å². The molecule has 2 aromatic rings. The summed E-state index contributed by atoms with van der Waals surface area (Å²) in [5.74, 6) is -1.68. The highest BCUT2D eigenvalue weighted by Gasteiger charge is 2.27. The molecule has 138 valence electrons. The number of ether oxygens (including phenoxy) is 1. The summed E-state index contributed by atoms with van der Waals surface area (Å²) in [6, 6.07) is 8.80. The van der Waals surface area contributed by atoms with E-state index in [0.29, 0.717) is 5.69 Å². The van der Waals surface area contributed by atoms with Gasteiger partial charge in [0, 0.05) is 5.69 Å². The van der Waals surface area contributed by atoms with Crippen LogP contribution in [-0.4, -0.2) is 28.7 Å². The van der Waals surface area contributed by atoms with Crippen LogP contribution in [0.15, 0.2) is 30.3 Å². The summed E-state index contributed by atoms with van der Waals surface area (Å²) in [6.45, 7) is 6.62. The second kappa shape index (κ2) is 7.57. The van der Waals surface area contributed by atoms with E-state index in [1.54, 1.807) is 45.0 Å². The zero-order valence-electron chi connectivity index (χ0n) is 14.9. The molecule has 1 aromatic heterocycles. The van der Waals surface area contributed by atoms with Gasteiger partial charge in [0.2, 0.25) is 0 Å². The highest BCUT2D eigenvalue weighted by molar-refractivity contribution is 7.18. The molecule has 7 nitrogen and oxygen atoms in total. The Morgan fingerprint density at radius 2 is 1.69 bits per heavy atom. The van der Waals surface area contributed by atoms with Crippen molar-refractivity contribution in [2.75, 3.05) is 10.6 Å². The molecule has 0 bridgehead atoms. The fraction of sp³-hybridized carbons (Fsp3) is 0.278. The number of carbonyl (C=O) groups is 3. The van der Waals surface area contributed by atoms with Gasteiger partial charge in [0.1, 0.15) is 10.6 Å². The summed E-state index contributed by atoms with van der Waals surface area (Å²) in [5.41, 5.74) is 0.0118. The van der Waals surface area contributed by atoms with E-state index in [1.165, 1.54) is 6.92 Å². The van der Waals surface area contributed by atoms with E-state index in [4.69, 9.17) is 4.74 Å². The molecule has 2 amide bonds. The van der Waals surface area contributed by atoms with Gasteiger partial charge in [-0.05, 0) is 45.4 Å². The van der Waals surface area contributed by atoms with Crippen molar-refractivity contribution < 1.29 is 24.2 Å². The molecule has 0 saturated carbocycles. The van der Waals surface area contributed by atoms with Crippen LogP contribution in [0.3, 0.4) is 0 Å². The molecule has 2 rings (SSSR count). The molecule has 0 radical (unpaired) electrons. The Hall–Kier alpha value is -2.87. The van der Waals surface area contributed by atoms with Gasteiger partial charge in [0.05, 0.1) is 10.4 Å². The molecular formula is C18H20N2O5S. The molecule has 26 heavy (non-hydrogen) atoms. The number of hydrogen-bond acceptors (Lipinski definition) is 5. The molecule has 0 fully saturated rings. The number of benzene rings is 1. The van der Waals surface area contributed by atoms with Gasteiger partial charge in [-0.2, -0.15) is 0 Å². The monoisotopic (exact) mass is 376 g/mol. The van der Waals surface area contributed by atoms with Crippen LogP contribution in [0.25, 0.3) is 0 Å². The second-order valence-corrected chi connectivity index (χ2v) is 7.53. The van der Waals surface area contributed by atoms with E-state index in [-0.39, 0.29) is 21.0 Å². The van der Waals surface area contributed by atoms with Crippen molar-refractivity contribution >= 4 is 40.0 Å². The quantitative estimate of drug-likeness (QED) is 0.735. The first-order valence-electron chi connectivity index (χ1n) is 7.81. The molecule has 0 aliphatic carbocycles. The fourth-order valence-corrected chi connectivity index (χ4v) is 3.26. The van der Waals surface area contributed by atoms with E-state index in [0.717, 1.165) is 11.3 Å². The number of carboxylic acid groups (broad SMARTS) is 1. The molecular weight excluding hydrogens is 356 g/mol. The molecule has 0 spiro atoms. The van der Waals surface area contributed by atoms with Gasteiger partial charge < -0.3 is 15.2 Å². The maximum Gasteiger partial charge on any atom is 0.412 e. The Balaban J connectivity index is 2.30. The van der Waals surface area contributed by atoms with Crippen LogP contribution in [0.5, 0.6) is 0 Å². The minimum atomic E-state index is -1.23. The van der Waals surface area contributed by atoms with Gasteiger partial charge >= 0.3 is 12.1 Å². The summed E-state index contributed by atoms with van der Waals surface area (Å²) in [4.78, 5) is 36.3. The number of anilines is 2. The number of amides is 2. The first-order valence-corrected chi connectivity index (χ1v) is 8.63. The Morgan fingerprint density at radius 1 is 1.08 bits per heavy atom. The van der Waals surface area contributed by atoms with Gasteiger partial charge in [-0.15, -0.1) is 11.3 Å². The minimum Gasteiger partial charge on any atom is -0.478 e. The predicted molar refractivity (Wildman–Crippen MR) is 100 cm³/mol. The molecule has 8 heteroatoms. The molecule has 0 unspecified atom stereocenters. The highest BCUT2D eigenvalue weighted by atomic mass is 32.1. The first-order chi connectivity index (χ1) is 12.1. The Kier molecular flexibility index (Phi) is 5.66. The van der Waals surface area contributed by atoms with Crippen LogP contribution in [0.4, 0.5) is 15.5 Å². The lowest BCUT2D eigenvalue weighted by atomic mass is 10.1. The van der Waals surface area contributed by atoms with Crippen molar-refractivity contribution in [3.63, 3.8) is 0 Å². The number of nitrogens with one attached hydrogen (secondary N) is 2. The first kappa shape index (κ1) is 19.5. The average Bonchev–Trinajstić information content (AvgIpc) is 2.82. The van der Waals surface area contributed by atoms with Crippen LogP contribution >= 0.6 is 11.3 Å². The molecule has 1 heterocycles. The number of carbonyl (C=O) groups excluding carboxylic acids is 2. The third-order valence-corrected chi connectivity index (χ3v) is 4.42. The van der Waals surface area contributed by atoms with Gasteiger partial charge in [-0.25, -0.2) is 9.59 Å². The normalized spacial score (nSPS) is 10.9. The molecule has 0 aliphatic rings. The second-order valence-electron chi connectivity index (χ2n) is 6.51. The smallest absolute Gasteiger partial charge is 0.412 e. The summed E-state index contributed by atoms with van der Waals surface area (Å²) in [6.07, 6.45) is -0.781. The molecule has 3 N–H and O–H groups in total. The van der Waals surface area contributed by atoms with E-state index >= 15 is 0 Å². The summed E-state index contributed by atoms with van der Waals surface area (Å²) in [5, 5.41) is 14.6. The third kappa shape index (κ3) is 4.82. The van der Waals surface area contributed by atoms with Crippen molar-refractivity contribution in [3.8, 4) is 0 Å². The van der Waals surface area contributed by atoms with Gasteiger partial charge in [-0.1, -0.05) is 18.2 Å². The zero-order valence-corrected chi connectivity index (χ0v) is 15.7. The summed E-state index contributed by atoms with van der Waals surface area (Å²) in [7, 11) is 0. The van der Waals surface area contributed by atoms with Crippen LogP contribution in [0.2, 0.25) is 0 Å². The SMILES string of the molecule is Cc1c(C(=O)Nc2ccccc2)sc(NC(=O)OC(C)(C)C)c1C(=O)O. The van der Waals surface area contributed by atoms with Crippen molar-refractivity contribution in [1.29, 1.82) is 0 Å². The lowest BCUT2D eigenvalue weighted by molar-refractivity contribution is 0.0636. The largest absolute Gasteiger partial charge is 0.478 e. The number of carboxylic acids is 1. The summed E-state index contributed by atoms with van der Waals surface area (Å²) >= 11 is 0.891. The number of thiophene rings is 1. The lowest BCUT2D eigenvalue weighted by Gasteiger charge is -2.19. The number of aromatic carboxylic acids is 1. The Bertz CT molecular complexity index is 837. The molecule has 0 aliphatic heterocycles. The standard InChI is InChI=1S/C18H20N2O5S/c1-10-12(16(22)23)15(20-17(24)25-18(2,3)4)26-13(10)14(21)19-11-8-6-5-7-9-11/h5-9H,1-4H3,(H,19,21)(H,20,24)(H,22,23). The topological polar surface area (TPSA) is 105 Å². The minimum absolute atomic E-state index is 0.0578. The Labute approximate surface area is 155 Å². The molecule has 0 atom stereocenters. The number of para-hydroxylation sites is 1. The van der Waals surface area contributed by atoms with Crippen LogP contribution < -0.4 is 10.6 Å². The lowest BCUT2D eigenvalue weighted by Crippen LogP contribution is -2.27. The molecule has 1 aromatic carbocycles. The maximum absolute atomic E-state index is 12.5. The zero-order chi connectivity index (χ0) is 19.5. The molecule has 0 saturated heterocycles. The maximum atomic E-state index is 12.5. The van der Waals surface area contributed by atoms with E-state index in [9.17, 15) is 19.5 Å². The summed E-state index contributed by atoms with van der Waals surface area (Å²) < 4.78 is 5.14. The van der Waals surface area contributed by atoms with Gasteiger partial charge in [0.15, 0.2) is 0 Å². The Morgan fingerprint density at radius 3 is 2.23 bits per heavy atom. The van der Waals surface area contributed by atoms with E-state index in [1.807, 2.05) is 6.07 Å². The van der Waals surface area contributed by atoms with E-state index < -0.39 is 23.6 Å². The van der Waals surface area contributed by atoms with Crippen LogP contribution in [-0.2, 0) is 4.74 Å². The van der Waals surface area contributed by atoms with Gasteiger partial charge in [0.25, 0.3) is 5.91 Å². The van der Waals surface area contributed by atoms with E-state index in [2.05, 4.69) is 10.6 Å². The van der Waals surface area contributed by atoms with Crippen molar-refractivity contribution in [2.45, 2.75) is 33.3 Å². The fourth-order valence-electron chi connectivity index (χ4n) is 2.18. The van der Waals surface area contributed by atoms with Crippen LogP contribution in [0, 0.1) is 6.92 Å². The van der Waals surface area contributed by atoms with Gasteiger partial charge in [-0.3, -0.25) is 10.1 Å². The van der Waals surface area contributed by atoms with Crippen molar-refractivity contribution in [2.24, 2.45) is 0 Å². The predicted octanol–water partition coefficient (Wildman–Crippen LogP) is 4.35. The van der Waals surface area contributed by atoms with Crippen LogP contribution in [0.1, 0.15) is 46.4 Å². The highest BCUT2D eigenvalue weighted by Crippen LogP contribution is 2.34. The third-order valence-electron chi connectivity index (χ3n) is 3.21.